The molecule has 1 saturated heterocycles. The van der Waals surface area contributed by atoms with Crippen LogP contribution < -0.4 is 20.7 Å². The maximum atomic E-state index is 12.4. The number of carbonyl (C=O) groups is 2. The maximum Gasteiger partial charge on any atom is 0.273 e. The van der Waals surface area contributed by atoms with E-state index >= 15 is 0 Å². The van der Waals surface area contributed by atoms with Gasteiger partial charge in [-0.25, -0.2) is 4.98 Å². The molecule has 2 amide bonds. The van der Waals surface area contributed by atoms with Crippen molar-refractivity contribution in [3.05, 3.63) is 36.3 Å². The topological polar surface area (TPSA) is 145 Å². The van der Waals surface area contributed by atoms with Crippen molar-refractivity contribution < 1.29 is 19.1 Å². The third kappa shape index (κ3) is 4.90. The zero-order valence-corrected chi connectivity index (χ0v) is 18.5. The zero-order chi connectivity index (χ0) is 23.4. The molecule has 3 heterocycles. The van der Waals surface area contributed by atoms with Crippen molar-refractivity contribution in [1.29, 1.82) is 0 Å². The summed E-state index contributed by atoms with van der Waals surface area (Å²) in [5, 5.41) is 20.8. The lowest BCUT2D eigenvalue weighted by molar-refractivity contribution is -0.121. The molecule has 1 fully saturated rings. The van der Waals surface area contributed by atoms with E-state index in [4.69, 9.17) is 9.47 Å². The van der Waals surface area contributed by atoms with E-state index in [0.717, 1.165) is 0 Å². The zero-order valence-electron chi connectivity index (χ0n) is 18.5. The molecule has 0 saturated carbocycles. The van der Waals surface area contributed by atoms with Gasteiger partial charge in [-0.1, -0.05) is 6.07 Å². The van der Waals surface area contributed by atoms with Crippen LogP contribution in [0.3, 0.4) is 0 Å². The predicted octanol–water partition coefficient (Wildman–Crippen LogP) is 1.36. The number of aromatic nitrogens is 5. The lowest BCUT2D eigenvalue weighted by Gasteiger charge is -2.25. The Labute approximate surface area is 189 Å². The Hall–Kier alpha value is -4.06. The third-order valence-electron chi connectivity index (χ3n) is 5.01. The van der Waals surface area contributed by atoms with Crippen LogP contribution >= 0.6 is 0 Å². The summed E-state index contributed by atoms with van der Waals surface area (Å²) in [4.78, 5) is 29.0. The monoisotopic (exact) mass is 452 g/mol. The molecule has 3 aromatic rings. The van der Waals surface area contributed by atoms with Gasteiger partial charge in [-0.15, -0.1) is 10.2 Å². The predicted molar refractivity (Wildman–Crippen MR) is 119 cm³/mol. The lowest BCUT2D eigenvalue weighted by atomic mass is 10.0. The highest BCUT2D eigenvalue weighted by Gasteiger charge is 2.23. The minimum absolute atomic E-state index is 0.0614. The fourth-order valence-corrected chi connectivity index (χ4v) is 3.33. The van der Waals surface area contributed by atoms with Gasteiger partial charge in [0.15, 0.2) is 23.1 Å². The number of hydrogen-bond acceptors (Lipinski definition) is 9. The Balaban J connectivity index is 1.65. The molecule has 0 aliphatic carbocycles. The average Bonchev–Trinajstić information content (AvgIpc) is 3.22. The number of aryl methyl sites for hydroxylation is 1. The molecule has 12 heteroatoms. The first kappa shape index (κ1) is 22.1. The SMILES string of the molecule is CNC(=O)c1nnc(NC(=O)CC2COC2)cc1Nc1cccc(-c2ncn(C)n2)c1OC. The molecule has 0 bridgehead atoms. The fraction of sp³-hybridized carbons (Fsp3) is 0.333. The number of carbonyl (C=O) groups excluding carboxylic acids is 2. The molecule has 33 heavy (non-hydrogen) atoms. The molecule has 0 atom stereocenters. The molecule has 1 aromatic carbocycles. The number of para-hydroxylation sites is 1. The number of anilines is 3. The number of nitrogens with zero attached hydrogens (tertiary/aromatic N) is 5. The Kier molecular flexibility index (Phi) is 6.45. The van der Waals surface area contributed by atoms with Gasteiger partial charge in [0.25, 0.3) is 5.91 Å². The Morgan fingerprint density at radius 2 is 2.06 bits per heavy atom. The molecule has 2 aromatic heterocycles. The summed E-state index contributed by atoms with van der Waals surface area (Å²) in [6.45, 7) is 1.14. The summed E-state index contributed by atoms with van der Waals surface area (Å²) in [5.74, 6) is 0.766. The molecule has 0 unspecified atom stereocenters. The molecule has 1 aliphatic heterocycles. The first-order valence-electron chi connectivity index (χ1n) is 10.3. The number of benzene rings is 1. The van der Waals surface area contributed by atoms with E-state index in [-0.39, 0.29) is 23.3 Å². The average molecular weight is 452 g/mol. The molecule has 1 aliphatic rings. The van der Waals surface area contributed by atoms with Crippen LogP contribution in [0.4, 0.5) is 17.2 Å². The van der Waals surface area contributed by atoms with Gasteiger partial charge in [-0.2, -0.15) is 5.10 Å². The Morgan fingerprint density at radius 1 is 1.24 bits per heavy atom. The van der Waals surface area contributed by atoms with E-state index in [0.29, 0.717) is 48.1 Å². The number of nitrogens with one attached hydrogen (secondary N) is 3. The van der Waals surface area contributed by atoms with Gasteiger partial charge < -0.3 is 25.4 Å². The van der Waals surface area contributed by atoms with E-state index in [1.54, 1.807) is 30.2 Å². The largest absolute Gasteiger partial charge is 0.494 e. The van der Waals surface area contributed by atoms with E-state index in [1.165, 1.54) is 14.2 Å². The summed E-state index contributed by atoms with van der Waals surface area (Å²) < 4.78 is 12.3. The number of ether oxygens (including phenoxy) is 2. The standard InChI is InChI=1S/C21H24N8O4/c1-22-21(31)18-15(8-16(26-27-18)25-17(30)7-12-9-33-10-12)24-14-6-4-5-13(19(14)32-3)20-23-11-29(2)28-20/h4-6,8,11-12H,7,9-10H2,1-3H3,(H,22,31)(H2,24,25,26,30). The molecule has 12 nitrogen and oxygen atoms in total. The third-order valence-corrected chi connectivity index (χ3v) is 5.01. The Morgan fingerprint density at radius 3 is 2.70 bits per heavy atom. The van der Waals surface area contributed by atoms with Gasteiger partial charge in [-0.3, -0.25) is 14.3 Å². The molecule has 3 N–H and O–H groups in total. The van der Waals surface area contributed by atoms with E-state index in [2.05, 4.69) is 36.2 Å². The molecule has 172 valence electrons. The van der Waals surface area contributed by atoms with Crippen LogP contribution in [0.2, 0.25) is 0 Å². The molecular weight excluding hydrogens is 428 g/mol. The van der Waals surface area contributed by atoms with Crippen LogP contribution in [0.25, 0.3) is 11.4 Å². The van der Waals surface area contributed by atoms with Crippen LogP contribution in [0.15, 0.2) is 30.6 Å². The molecule has 0 radical (unpaired) electrons. The number of methoxy groups -OCH3 is 1. The summed E-state index contributed by atoms with van der Waals surface area (Å²) in [7, 11) is 4.81. The van der Waals surface area contributed by atoms with Crippen LogP contribution in [-0.4, -0.2) is 64.1 Å². The Bertz CT molecular complexity index is 1170. The summed E-state index contributed by atoms with van der Waals surface area (Å²) in [6, 6.07) is 6.99. The van der Waals surface area contributed by atoms with Crippen LogP contribution in [0, 0.1) is 5.92 Å². The second-order valence-corrected chi connectivity index (χ2v) is 7.48. The highest BCUT2D eigenvalue weighted by atomic mass is 16.5. The van der Waals surface area contributed by atoms with Crippen molar-refractivity contribution in [2.45, 2.75) is 6.42 Å². The number of rotatable bonds is 8. The van der Waals surface area contributed by atoms with Crippen LogP contribution in [0.5, 0.6) is 5.75 Å². The minimum Gasteiger partial charge on any atom is -0.494 e. The maximum absolute atomic E-state index is 12.4. The van der Waals surface area contributed by atoms with Crippen LogP contribution in [0.1, 0.15) is 16.9 Å². The molecular formula is C21H24N8O4. The first-order chi connectivity index (χ1) is 16.0. The van der Waals surface area contributed by atoms with Gasteiger partial charge in [0.2, 0.25) is 5.91 Å². The van der Waals surface area contributed by atoms with Crippen molar-refractivity contribution in [2.24, 2.45) is 13.0 Å². The second kappa shape index (κ2) is 9.61. The van der Waals surface area contributed by atoms with Gasteiger partial charge in [0.1, 0.15) is 6.33 Å². The number of hydrogen-bond donors (Lipinski definition) is 3. The summed E-state index contributed by atoms with van der Waals surface area (Å²) >= 11 is 0. The van der Waals surface area contributed by atoms with E-state index in [1.807, 2.05) is 12.1 Å². The highest BCUT2D eigenvalue weighted by molar-refractivity contribution is 5.99. The molecule has 0 spiro atoms. The van der Waals surface area contributed by atoms with Crippen molar-refractivity contribution in [3.8, 4) is 17.1 Å². The van der Waals surface area contributed by atoms with Gasteiger partial charge >= 0.3 is 0 Å². The highest BCUT2D eigenvalue weighted by Crippen LogP contribution is 2.37. The molecule has 4 rings (SSSR count). The number of amides is 2. The smallest absolute Gasteiger partial charge is 0.273 e. The van der Waals surface area contributed by atoms with Gasteiger partial charge in [0.05, 0.1) is 37.3 Å². The summed E-state index contributed by atoms with van der Waals surface area (Å²) in [5.41, 5.74) is 1.63. The second-order valence-electron chi connectivity index (χ2n) is 7.48. The lowest BCUT2D eigenvalue weighted by Crippen LogP contribution is -2.31. The quantitative estimate of drug-likeness (QED) is 0.461. The van der Waals surface area contributed by atoms with Crippen molar-refractivity contribution in [1.82, 2.24) is 30.3 Å². The van der Waals surface area contributed by atoms with E-state index in [9.17, 15) is 9.59 Å². The van der Waals surface area contributed by atoms with Gasteiger partial charge in [-0.05, 0) is 12.1 Å². The minimum atomic E-state index is -0.434. The van der Waals surface area contributed by atoms with Crippen LogP contribution in [-0.2, 0) is 16.6 Å². The van der Waals surface area contributed by atoms with Crippen molar-refractivity contribution in [3.63, 3.8) is 0 Å². The first-order valence-corrected chi connectivity index (χ1v) is 10.3. The summed E-state index contributed by atoms with van der Waals surface area (Å²) in [6.07, 6.45) is 1.92. The fourth-order valence-electron chi connectivity index (χ4n) is 3.33. The van der Waals surface area contributed by atoms with Crippen molar-refractivity contribution in [2.75, 3.05) is 38.0 Å². The van der Waals surface area contributed by atoms with Crippen molar-refractivity contribution >= 4 is 29.0 Å². The van der Waals surface area contributed by atoms with Gasteiger partial charge in [0, 0.05) is 32.5 Å². The van der Waals surface area contributed by atoms with E-state index < -0.39 is 5.91 Å². The normalized spacial score (nSPS) is 13.2.